The molecule has 4 heterocycles. The van der Waals surface area contributed by atoms with Gasteiger partial charge in [0.05, 0.1) is 6.10 Å². The van der Waals surface area contributed by atoms with Gasteiger partial charge >= 0.3 is 0 Å². The largest absolute Gasteiger partial charge is 0.391 e. The molecule has 3 aromatic rings. The van der Waals surface area contributed by atoms with Crippen LogP contribution < -0.4 is 4.90 Å². The Balaban J connectivity index is 1.90. The van der Waals surface area contributed by atoms with Gasteiger partial charge in [-0.3, -0.25) is 0 Å². The van der Waals surface area contributed by atoms with Crippen LogP contribution in [0.3, 0.4) is 0 Å². The molecule has 1 aliphatic heterocycles. The standard InChI is InChI=1S/C17H22N6O/c1-11-12(2)19-15-9-14(16-18-6-8-21(16)3)20-23(15)17(11)22-7-4-5-13(24)10-22/h6,8-9,13,24H,4-5,7,10H2,1-3H3/t13-/m1/s1. The van der Waals surface area contributed by atoms with Crippen LogP contribution in [0.1, 0.15) is 24.1 Å². The lowest BCUT2D eigenvalue weighted by Crippen LogP contribution is -2.40. The summed E-state index contributed by atoms with van der Waals surface area (Å²) in [7, 11) is 1.96. The van der Waals surface area contributed by atoms with E-state index in [1.807, 2.05) is 35.3 Å². The summed E-state index contributed by atoms with van der Waals surface area (Å²) in [5.74, 6) is 1.84. The van der Waals surface area contributed by atoms with E-state index in [1.54, 1.807) is 6.20 Å². The lowest BCUT2D eigenvalue weighted by molar-refractivity contribution is 0.153. The number of aliphatic hydroxyl groups excluding tert-OH is 1. The average Bonchev–Trinajstić information content (AvgIpc) is 3.14. The quantitative estimate of drug-likeness (QED) is 0.776. The van der Waals surface area contributed by atoms with E-state index in [9.17, 15) is 5.11 Å². The summed E-state index contributed by atoms with van der Waals surface area (Å²) in [6, 6.07) is 1.97. The first-order valence-corrected chi connectivity index (χ1v) is 8.32. The first-order valence-electron chi connectivity index (χ1n) is 8.32. The fourth-order valence-corrected chi connectivity index (χ4v) is 3.42. The minimum atomic E-state index is -0.286. The van der Waals surface area contributed by atoms with Gasteiger partial charge in [0.15, 0.2) is 11.5 Å². The van der Waals surface area contributed by atoms with Crippen molar-refractivity contribution in [2.24, 2.45) is 7.05 Å². The van der Waals surface area contributed by atoms with Crippen molar-refractivity contribution in [2.45, 2.75) is 32.8 Å². The van der Waals surface area contributed by atoms with E-state index in [0.717, 1.165) is 53.6 Å². The zero-order valence-electron chi connectivity index (χ0n) is 14.3. The van der Waals surface area contributed by atoms with Crippen LogP contribution in [0.15, 0.2) is 18.5 Å². The summed E-state index contributed by atoms with van der Waals surface area (Å²) in [5.41, 5.74) is 3.71. The predicted molar refractivity (Wildman–Crippen MR) is 92.1 cm³/mol. The normalized spacial score (nSPS) is 18.5. The van der Waals surface area contributed by atoms with Crippen LogP contribution in [-0.4, -0.2) is 48.4 Å². The molecule has 0 unspecified atom stereocenters. The molecule has 0 bridgehead atoms. The van der Waals surface area contributed by atoms with Gasteiger partial charge in [0.2, 0.25) is 0 Å². The van der Waals surface area contributed by atoms with Crippen LogP contribution in [0.4, 0.5) is 5.82 Å². The maximum Gasteiger partial charge on any atom is 0.160 e. The minimum absolute atomic E-state index is 0.286. The SMILES string of the molecule is Cc1nc2cc(-c3nccn3C)nn2c(N2CCC[C@@H](O)C2)c1C. The fourth-order valence-electron chi connectivity index (χ4n) is 3.42. The number of nitrogens with zero attached hydrogens (tertiary/aromatic N) is 6. The van der Waals surface area contributed by atoms with E-state index in [0.29, 0.717) is 6.54 Å². The number of β-amino-alcohol motifs (C(OH)–C–C–N with tert-alkyl or cyclic N) is 1. The number of rotatable bonds is 2. The molecule has 1 atom stereocenters. The lowest BCUT2D eigenvalue weighted by atomic mass is 10.1. The van der Waals surface area contributed by atoms with Gasteiger partial charge in [-0.2, -0.15) is 9.61 Å². The topological polar surface area (TPSA) is 71.5 Å². The average molecular weight is 326 g/mol. The van der Waals surface area contributed by atoms with Crippen molar-refractivity contribution >= 4 is 11.5 Å². The maximum absolute atomic E-state index is 10.1. The molecule has 24 heavy (non-hydrogen) atoms. The van der Waals surface area contributed by atoms with Crippen LogP contribution in [0, 0.1) is 13.8 Å². The van der Waals surface area contributed by atoms with Crippen LogP contribution >= 0.6 is 0 Å². The highest BCUT2D eigenvalue weighted by Crippen LogP contribution is 2.28. The summed E-state index contributed by atoms with van der Waals surface area (Å²) in [5, 5.41) is 14.8. The van der Waals surface area contributed by atoms with Crippen molar-refractivity contribution in [3.63, 3.8) is 0 Å². The van der Waals surface area contributed by atoms with Gasteiger partial charge < -0.3 is 14.6 Å². The molecule has 0 spiro atoms. The number of imidazole rings is 1. The summed E-state index contributed by atoms with van der Waals surface area (Å²) in [6.07, 6.45) is 5.24. The van der Waals surface area contributed by atoms with Gasteiger partial charge in [-0.25, -0.2) is 9.97 Å². The molecule has 1 saturated heterocycles. The third kappa shape index (κ3) is 2.36. The second kappa shape index (κ2) is 5.59. The molecule has 1 N–H and O–H groups in total. The van der Waals surface area contributed by atoms with Crippen molar-refractivity contribution in [1.29, 1.82) is 0 Å². The molecule has 4 rings (SSSR count). The summed E-state index contributed by atoms with van der Waals surface area (Å²) < 4.78 is 3.84. The van der Waals surface area contributed by atoms with Gasteiger partial charge in [0.1, 0.15) is 11.5 Å². The van der Waals surface area contributed by atoms with Crippen molar-refractivity contribution in [2.75, 3.05) is 18.0 Å². The number of piperidine rings is 1. The molecule has 0 saturated carbocycles. The first kappa shape index (κ1) is 15.1. The number of hydrogen-bond acceptors (Lipinski definition) is 5. The monoisotopic (exact) mass is 326 g/mol. The second-order valence-corrected chi connectivity index (χ2v) is 6.55. The fraction of sp³-hybridized carbons (Fsp3) is 0.471. The van der Waals surface area contributed by atoms with Gasteiger partial charge in [-0.15, -0.1) is 0 Å². The predicted octanol–water partition coefficient (Wildman–Crippen LogP) is 1.71. The van der Waals surface area contributed by atoms with Gasteiger partial charge in [0, 0.05) is 49.9 Å². The molecule has 1 fully saturated rings. The van der Waals surface area contributed by atoms with Crippen LogP contribution in [0.2, 0.25) is 0 Å². The Morgan fingerprint density at radius 2 is 2.12 bits per heavy atom. The Hall–Kier alpha value is -2.41. The highest BCUT2D eigenvalue weighted by molar-refractivity contribution is 5.63. The Labute approximate surface area is 140 Å². The Morgan fingerprint density at radius 1 is 1.29 bits per heavy atom. The Morgan fingerprint density at radius 3 is 2.83 bits per heavy atom. The van der Waals surface area contributed by atoms with Crippen LogP contribution in [-0.2, 0) is 7.05 Å². The van der Waals surface area contributed by atoms with Gasteiger partial charge in [-0.05, 0) is 26.7 Å². The van der Waals surface area contributed by atoms with E-state index in [1.165, 1.54) is 0 Å². The van der Waals surface area contributed by atoms with Crippen LogP contribution in [0.25, 0.3) is 17.2 Å². The second-order valence-electron chi connectivity index (χ2n) is 6.55. The number of aliphatic hydroxyl groups is 1. The molecule has 0 radical (unpaired) electrons. The van der Waals surface area contributed by atoms with Gasteiger partial charge in [0.25, 0.3) is 0 Å². The molecule has 3 aromatic heterocycles. The third-order valence-corrected chi connectivity index (χ3v) is 4.80. The molecule has 1 aliphatic rings. The molecular formula is C17H22N6O. The molecule has 7 heteroatoms. The summed E-state index contributed by atoms with van der Waals surface area (Å²) in [6.45, 7) is 5.65. The molecule has 0 amide bonds. The summed E-state index contributed by atoms with van der Waals surface area (Å²) >= 11 is 0. The highest BCUT2D eigenvalue weighted by Gasteiger charge is 2.24. The van der Waals surface area contributed by atoms with Crippen molar-refractivity contribution in [3.05, 3.63) is 29.7 Å². The number of aromatic nitrogens is 5. The lowest BCUT2D eigenvalue weighted by Gasteiger charge is -2.33. The minimum Gasteiger partial charge on any atom is -0.391 e. The Bertz CT molecular complexity index is 896. The van der Waals surface area contributed by atoms with Crippen molar-refractivity contribution in [1.82, 2.24) is 24.1 Å². The van der Waals surface area contributed by atoms with E-state index in [-0.39, 0.29) is 6.10 Å². The zero-order chi connectivity index (χ0) is 16.8. The van der Waals surface area contributed by atoms with E-state index >= 15 is 0 Å². The third-order valence-electron chi connectivity index (χ3n) is 4.80. The molecule has 0 aliphatic carbocycles. The van der Waals surface area contributed by atoms with E-state index in [4.69, 9.17) is 5.10 Å². The maximum atomic E-state index is 10.1. The smallest absolute Gasteiger partial charge is 0.160 e. The number of anilines is 1. The highest BCUT2D eigenvalue weighted by atomic mass is 16.3. The van der Waals surface area contributed by atoms with Crippen molar-refractivity contribution in [3.8, 4) is 11.5 Å². The van der Waals surface area contributed by atoms with E-state index in [2.05, 4.69) is 21.8 Å². The number of fused-ring (bicyclic) bond motifs is 1. The molecular weight excluding hydrogens is 304 g/mol. The molecule has 126 valence electrons. The molecule has 7 nitrogen and oxygen atoms in total. The summed E-state index contributed by atoms with van der Waals surface area (Å²) in [4.78, 5) is 11.3. The number of aryl methyl sites for hydroxylation is 2. The van der Waals surface area contributed by atoms with Crippen LogP contribution in [0.5, 0.6) is 0 Å². The van der Waals surface area contributed by atoms with Crippen molar-refractivity contribution < 1.29 is 5.11 Å². The number of hydrogen-bond donors (Lipinski definition) is 1. The zero-order valence-corrected chi connectivity index (χ0v) is 14.3. The van der Waals surface area contributed by atoms with Gasteiger partial charge in [-0.1, -0.05) is 0 Å². The van der Waals surface area contributed by atoms with E-state index < -0.39 is 0 Å². The first-order chi connectivity index (χ1) is 11.5. The molecule has 0 aromatic carbocycles. The Kier molecular flexibility index (Phi) is 3.53.